The molecule has 6 heteroatoms. The van der Waals surface area contributed by atoms with Gasteiger partial charge in [0.25, 0.3) is 0 Å². The molecule has 0 saturated heterocycles. The van der Waals surface area contributed by atoms with Gasteiger partial charge in [-0.15, -0.1) is 0 Å². The number of rotatable bonds is 7. The lowest BCUT2D eigenvalue weighted by molar-refractivity contribution is -0.116. The second-order valence-corrected chi connectivity index (χ2v) is 7.17. The van der Waals surface area contributed by atoms with Crippen LogP contribution in [0.25, 0.3) is 17.2 Å². The predicted molar refractivity (Wildman–Crippen MR) is 119 cm³/mol. The Balaban J connectivity index is 1.36. The van der Waals surface area contributed by atoms with Crippen LogP contribution in [0.1, 0.15) is 11.1 Å². The fourth-order valence-corrected chi connectivity index (χ4v) is 3.60. The van der Waals surface area contributed by atoms with Gasteiger partial charge in [0, 0.05) is 36.0 Å². The number of hydrogen-bond acceptors (Lipinski definition) is 5. The van der Waals surface area contributed by atoms with Gasteiger partial charge < -0.3 is 19.5 Å². The number of para-hydroxylation sites is 1. The number of methoxy groups -OCH3 is 2. The van der Waals surface area contributed by atoms with Crippen LogP contribution in [0.5, 0.6) is 17.2 Å². The number of fused-ring (bicyclic) bond motifs is 1. The number of carbonyl (C=O) groups is 1. The number of aromatic nitrogens is 1. The summed E-state index contributed by atoms with van der Waals surface area (Å²) in [6, 6.07) is 15.5. The third kappa shape index (κ3) is 4.69. The zero-order chi connectivity index (χ0) is 21.6. The summed E-state index contributed by atoms with van der Waals surface area (Å²) < 4.78 is 16.7. The Labute approximate surface area is 181 Å². The summed E-state index contributed by atoms with van der Waals surface area (Å²) in [4.78, 5) is 16.5. The Kier molecular flexibility index (Phi) is 6.17. The maximum Gasteiger partial charge on any atom is 0.244 e. The minimum atomic E-state index is -0.179. The largest absolute Gasteiger partial charge is 0.493 e. The first kappa shape index (κ1) is 20.5. The first-order valence-electron chi connectivity index (χ1n) is 10.0. The Morgan fingerprint density at radius 3 is 2.81 bits per heavy atom. The highest BCUT2D eigenvalue weighted by molar-refractivity contribution is 5.91. The van der Waals surface area contributed by atoms with Crippen LogP contribution < -0.4 is 19.5 Å². The van der Waals surface area contributed by atoms with Crippen molar-refractivity contribution in [2.24, 2.45) is 0 Å². The first-order chi connectivity index (χ1) is 15.2. The molecule has 1 amide bonds. The lowest BCUT2D eigenvalue weighted by Gasteiger charge is -2.13. The molecule has 1 atom stereocenters. The molecule has 1 N–H and O–H groups in total. The molecule has 1 aromatic heterocycles. The van der Waals surface area contributed by atoms with E-state index in [4.69, 9.17) is 14.2 Å². The van der Waals surface area contributed by atoms with Crippen LogP contribution in [0, 0.1) is 0 Å². The van der Waals surface area contributed by atoms with Gasteiger partial charge in [0.2, 0.25) is 5.91 Å². The van der Waals surface area contributed by atoms with Gasteiger partial charge >= 0.3 is 0 Å². The van der Waals surface area contributed by atoms with Crippen molar-refractivity contribution in [2.75, 3.05) is 20.8 Å². The third-order valence-corrected chi connectivity index (χ3v) is 5.14. The van der Waals surface area contributed by atoms with E-state index in [1.165, 1.54) is 6.08 Å². The molecule has 0 spiro atoms. The number of pyridine rings is 1. The standard InChI is InChI=1S/C25H24N2O4/c1-29-22-10-8-17(13-23(22)30-2)9-11-24(28)27-16-20-14-18-5-3-7-21(25(18)31-20)19-6-4-12-26-15-19/h3-13,15,20H,14,16H2,1-2H3,(H,27,28)/b11-9+/t20-/m1/s1. The molecule has 0 radical (unpaired) electrons. The SMILES string of the molecule is COc1ccc(/C=C/C(=O)NC[C@H]2Cc3cccc(-c4cccnc4)c3O2)cc1OC. The van der Waals surface area contributed by atoms with E-state index >= 15 is 0 Å². The average molecular weight is 416 g/mol. The zero-order valence-electron chi connectivity index (χ0n) is 17.5. The molecule has 0 saturated carbocycles. The number of nitrogens with zero attached hydrogens (tertiary/aromatic N) is 1. The van der Waals surface area contributed by atoms with Gasteiger partial charge in [-0.3, -0.25) is 9.78 Å². The molecule has 2 heterocycles. The highest BCUT2D eigenvalue weighted by Crippen LogP contribution is 2.38. The van der Waals surface area contributed by atoms with E-state index in [0.717, 1.165) is 34.4 Å². The van der Waals surface area contributed by atoms with E-state index < -0.39 is 0 Å². The van der Waals surface area contributed by atoms with Crippen molar-refractivity contribution >= 4 is 12.0 Å². The molecule has 3 aromatic rings. The fraction of sp³-hybridized carbons (Fsp3) is 0.200. The number of benzene rings is 2. The van der Waals surface area contributed by atoms with Crippen molar-refractivity contribution < 1.29 is 19.0 Å². The molecule has 0 fully saturated rings. The lowest BCUT2D eigenvalue weighted by atomic mass is 10.0. The van der Waals surface area contributed by atoms with Crippen molar-refractivity contribution in [1.29, 1.82) is 0 Å². The van der Waals surface area contributed by atoms with Crippen molar-refractivity contribution in [3.05, 3.63) is 78.1 Å². The molecule has 158 valence electrons. The molecule has 1 aliphatic heterocycles. The molecule has 4 rings (SSSR count). The highest BCUT2D eigenvalue weighted by Gasteiger charge is 2.25. The van der Waals surface area contributed by atoms with E-state index in [1.54, 1.807) is 32.6 Å². The van der Waals surface area contributed by atoms with Gasteiger partial charge in [0.1, 0.15) is 11.9 Å². The van der Waals surface area contributed by atoms with Gasteiger partial charge in [0.15, 0.2) is 11.5 Å². The third-order valence-electron chi connectivity index (χ3n) is 5.14. The predicted octanol–water partition coefficient (Wildman–Crippen LogP) is 3.90. The average Bonchev–Trinajstić information content (AvgIpc) is 3.25. The quantitative estimate of drug-likeness (QED) is 0.592. The van der Waals surface area contributed by atoms with E-state index in [0.29, 0.717) is 18.0 Å². The van der Waals surface area contributed by atoms with Gasteiger partial charge in [-0.05, 0) is 35.4 Å². The topological polar surface area (TPSA) is 69.7 Å². The zero-order valence-corrected chi connectivity index (χ0v) is 17.5. The number of amides is 1. The maximum atomic E-state index is 12.3. The van der Waals surface area contributed by atoms with E-state index in [-0.39, 0.29) is 12.0 Å². The van der Waals surface area contributed by atoms with E-state index in [1.807, 2.05) is 42.6 Å². The lowest BCUT2D eigenvalue weighted by Crippen LogP contribution is -2.33. The summed E-state index contributed by atoms with van der Waals surface area (Å²) >= 11 is 0. The number of hydrogen-bond donors (Lipinski definition) is 1. The molecule has 0 bridgehead atoms. The molecule has 0 aliphatic carbocycles. The highest BCUT2D eigenvalue weighted by atomic mass is 16.5. The monoisotopic (exact) mass is 416 g/mol. The second-order valence-electron chi connectivity index (χ2n) is 7.17. The summed E-state index contributed by atoms with van der Waals surface area (Å²) in [5, 5.41) is 2.92. The van der Waals surface area contributed by atoms with Crippen LogP contribution in [0.4, 0.5) is 0 Å². The fourth-order valence-electron chi connectivity index (χ4n) is 3.60. The summed E-state index contributed by atoms with van der Waals surface area (Å²) in [6.45, 7) is 0.427. The molecular weight excluding hydrogens is 392 g/mol. The Bertz CT molecular complexity index is 1100. The van der Waals surface area contributed by atoms with Crippen LogP contribution in [0.2, 0.25) is 0 Å². The van der Waals surface area contributed by atoms with Crippen LogP contribution in [-0.4, -0.2) is 37.8 Å². The molecule has 6 nitrogen and oxygen atoms in total. The van der Waals surface area contributed by atoms with E-state index in [2.05, 4.69) is 16.4 Å². The van der Waals surface area contributed by atoms with Crippen LogP contribution in [0.15, 0.2) is 67.0 Å². The first-order valence-corrected chi connectivity index (χ1v) is 10.0. The van der Waals surface area contributed by atoms with Crippen molar-refractivity contribution in [2.45, 2.75) is 12.5 Å². The normalized spacial score (nSPS) is 14.7. The summed E-state index contributed by atoms with van der Waals surface area (Å²) in [7, 11) is 3.17. The van der Waals surface area contributed by atoms with Crippen LogP contribution >= 0.6 is 0 Å². The molecular formula is C25H24N2O4. The van der Waals surface area contributed by atoms with Gasteiger partial charge in [-0.1, -0.05) is 30.3 Å². The molecule has 0 unspecified atom stereocenters. The van der Waals surface area contributed by atoms with Crippen molar-refractivity contribution in [1.82, 2.24) is 10.3 Å². The van der Waals surface area contributed by atoms with Crippen molar-refractivity contribution in [3.63, 3.8) is 0 Å². The molecule has 2 aromatic carbocycles. The maximum absolute atomic E-state index is 12.3. The molecule has 1 aliphatic rings. The van der Waals surface area contributed by atoms with Gasteiger partial charge in [-0.25, -0.2) is 0 Å². The van der Waals surface area contributed by atoms with Gasteiger partial charge in [-0.2, -0.15) is 0 Å². The number of ether oxygens (including phenoxy) is 3. The minimum absolute atomic E-state index is 0.105. The molecule has 31 heavy (non-hydrogen) atoms. The van der Waals surface area contributed by atoms with E-state index in [9.17, 15) is 4.79 Å². The summed E-state index contributed by atoms with van der Waals surface area (Å²) in [6.07, 6.45) is 7.47. The summed E-state index contributed by atoms with van der Waals surface area (Å²) in [5.41, 5.74) is 4.02. The number of nitrogens with one attached hydrogen (secondary N) is 1. The van der Waals surface area contributed by atoms with Gasteiger partial charge in [0.05, 0.1) is 20.8 Å². The second kappa shape index (κ2) is 9.34. The Morgan fingerprint density at radius 1 is 1.16 bits per heavy atom. The van der Waals surface area contributed by atoms with Crippen LogP contribution in [0.3, 0.4) is 0 Å². The Morgan fingerprint density at radius 2 is 2.03 bits per heavy atom. The minimum Gasteiger partial charge on any atom is -0.493 e. The Hall–Kier alpha value is -3.80. The number of carbonyl (C=O) groups excluding carboxylic acids is 1. The summed E-state index contributed by atoms with van der Waals surface area (Å²) in [5.74, 6) is 1.96. The van der Waals surface area contributed by atoms with Crippen LogP contribution in [-0.2, 0) is 11.2 Å². The smallest absolute Gasteiger partial charge is 0.244 e. The van der Waals surface area contributed by atoms with Crippen molar-refractivity contribution in [3.8, 4) is 28.4 Å².